The fraction of sp³-hybridized carbons (Fsp3) is 0.526. The van der Waals surface area contributed by atoms with Crippen LogP contribution in [0.4, 0.5) is 0 Å². The molecule has 2 saturated heterocycles. The van der Waals surface area contributed by atoms with Gasteiger partial charge < -0.3 is 10.2 Å². The first kappa shape index (κ1) is 17.2. The molecule has 7 heteroatoms. The summed E-state index contributed by atoms with van der Waals surface area (Å²) in [6.45, 7) is 5.33. The van der Waals surface area contributed by atoms with Gasteiger partial charge in [-0.25, -0.2) is 0 Å². The highest BCUT2D eigenvalue weighted by Gasteiger charge is 2.39. The van der Waals surface area contributed by atoms with E-state index in [2.05, 4.69) is 21.6 Å². The van der Waals surface area contributed by atoms with Gasteiger partial charge in [0.2, 0.25) is 11.8 Å². The van der Waals surface area contributed by atoms with Crippen molar-refractivity contribution in [3.8, 4) is 0 Å². The number of imide groups is 1. The van der Waals surface area contributed by atoms with Crippen LogP contribution in [0, 0.1) is 0 Å². The van der Waals surface area contributed by atoms with Crippen molar-refractivity contribution in [1.29, 1.82) is 0 Å². The predicted octanol–water partition coefficient (Wildman–Crippen LogP) is 0.243. The molecule has 1 aromatic rings. The molecule has 7 nitrogen and oxygen atoms in total. The van der Waals surface area contributed by atoms with E-state index in [1.165, 1.54) is 0 Å². The second-order valence-electron chi connectivity index (χ2n) is 7.22. The number of piperidine rings is 1. The molecule has 1 aromatic carbocycles. The van der Waals surface area contributed by atoms with E-state index in [9.17, 15) is 14.4 Å². The second kappa shape index (κ2) is 7.17. The summed E-state index contributed by atoms with van der Waals surface area (Å²) in [5.74, 6) is -0.720. The van der Waals surface area contributed by atoms with E-state index >= 15 is 0 Å². The maximum Gasteiger partial charge on any atom is 0.255 e. The smallest absolute Gasteiger partial charge is 0.255 e. The van der Waals surface area contributed by atoms with Crippen LogP contribution >= 0.6 is 0 Å². The Labute approximate surface area is 152 Å². The van der Waals surface area contributed by atoms with Crippen LogP contribution in [0.2, 0.25) is 0 Å². The second-order valence-corrected chi connectivity index (χ2v) is 7.22. The minimum atomic E-state index is -0.553. The van der Waals surface area contributed by atoms with Gasteiger partial charge in [0.05, 0.1) is 0 Å². The molecule has 3 aliphatic heterocycles. The molecule has 26 heavy (non-hydrogen) atoms. The van der Waals surface area contributed by atoms with E-state index in [1.54, 1.807) is 4.90 Å². The van der Waals surface area contributed by atoms with Gasteiger partial charge in [0.25, 0.3) is 5.91 Å². The van der Waals surface area contributed by atoms with Gasteiger partial charge in [-0.05, 0) is 43.1 Å². The zero-order valence-electron chi connectivity index (χ0n) is 14.8. The van der Waals surface area contributed by atoms with Crippen molar-refractivity contribution in [3.05, 3.63) is 34.9 Å². The lowest BCUT2D eigenvalue weighted by atomic mass is 10.0. The molecular formula is C19H24N4O3. The quantitative estimate of drug-likeness (QED) is 0.759. The fourth-order valence-corrected chi connectivity index (χ4v) is 4.10. The average molecular weight is 356 g/mol. The van der Waals surface area contributed by atoms with Crippen molar-refractivity contribution < 1.29 is 14.4 Å². The summed E-state index contributed by atoms with van der Waals surface area (Å²) in [6.07, 6.45) is 1.80. The molecule has 0 spiro atoms. The molecular weight excluding hydrogens is 332 g/mol. The van der Waals surface area contributed by atoms with Crippen molar-refractivity contribution in [2.45, 2.75) is 38.4 Å². The number of fused-ring (bicyclic) bond motifs is 1. The van der Waals surface area contributed by atoms with E-state index in [1.807, 2.05) is 12.1 Å². The van der Waals surface area contributed by atoms with Crippen LogP contribution < -0.4 is 10.6 Å². The van der Waals surface area contributed by atoms with Gasteiger partial charge in [0, 0.05) is 38.2 Å². The first-order chi connectivity index (χ1) is 12.6. The molecule has 3 amide bonds. The molecule has 3 heterocycles. The molecule has 1 unspecified atom stereocenters. The van der Waals surface area contributed by atoms with Crippen LogP contribution in [0.1, 0.15) is 40.7 Å². The minimum absolute atomic E-state index is 0.103. The van der Waals surface area contributed by atoms with Crippen molar-refractivity contribution in [1.82, 2.24) is 20.4 Å². The molecule has 0 aliphatic carbocycles. The predicted molar refractivity (Wildman–Crippen MR) is 95.3 cm³/mol. The third-order valence-electron chi connectivity index (χ3n) is 5.51. The molecule has 2 N–H and O–H groups in total. The van der Waals surface area contributed by atoms with Gasteiger partial charge in [0.1, 0.15) is 6.04 Å². The third kappa shape index (κ3) is 3.24. The minimum Gasteiger partial charge on any atom is -0.322 e. The topological polar surface area (TPSA) is 81.8 Å². The van der Waals surface area contributed by atoms with E-state index in [0.717, 1.165) is 50.3 Å². The molecule has 0 saturated carbocycles. The lowest BCUT2D eigenvalue weighted by Gasteiger charge is -2.29. The molecule has 4 rings (SSSR count). The average Bonchev–Trinajstić information content (AvgIpc) is 2.80. The summed E-state index contributed by atoms with van der Waals surface area (Å²) < 4.78 is 0. The molecule has 0 aromatic heterocycles. The first-order valence-electron chi connectivity index (χ1n) is 9.32. The van der Waals surface area contributed by atoms with Crippen LogP contribution in [-0.4, -0.2) is 59.7 Å². The molecule has 2 fully saturated rings. The zero-order chi connectivity index (χ0) is 18.1. The van der Waals surface area contributed by atoms with Gasteiger partial charge in [-0.1, -0.05) is 12.1 Å². The number of nitrogens with one attached hydrogen (secondary N) is 2. The maximum atomic E-state index is 12.9. The fourth-order valence-electron chi connectivity index (χ4n) is 4.10. The summed E-state index contributed by atoms with van der Waals surface area (Å²) in [5, 5.41) is 5.76. The Balaban J connectivity index is 1.54. The standard InChI is InChI=1S/C19H24N4O3/c24-17-6-5-16(18(25)21-17)23-12-15-13(3-1-4-14(15)19(23)26)11-22-9-2-7-20-8-10-22/h1,3-4,16,20H,2,5-12H2,(H,21,24,25). The number of nitrogens with zero attached hydrogens (tertiary/aromatic N) is 2. The summed E-state index contributed by atoms with van der Waals surface area (Å²) in [6, 6.07) is 5.30. The van der Waals surface area contributed by atoms with Gasteiger partial charge >= 0.3 is 0 Å². The van der Waals surface area contributed by atoms with Crippen LogP contribution in [0.15, 0.2) is 18.2 Å². The van der Waals surface area contributed by atoms with Crippen LogP contribution in [0.25, 0.3) is 0 Å². The molecule has 138 valence electrons. The lowest BCUT2D eigenvalue weighted by Crippen LogP contribution is -2.52. The molecule has 0 radical (unpaired) electrons. The number of rotatable bonds is 3. The highest BCUT2D eigenvalue weighted by atomic mass is 16.2. The monoisotopic (exact) mass is 356 g/mol. The SMILES string of the molecule is O=C1CCC(N2Cc3c(CN4CCCNCC4)cccc3C2=O)C(=O)N1. The van der Waals surface area contributed by atoms with Crippen molar-refractivity contribution >= 4 is 17.7 Å². The van der Waals surface area contributed by atoms with Crippen LogP contribution in [0.5, 0.6) is 0 Å². The number of amides is 3. The third-order valence-corrected chi connectivity index (χ3v) is 5.51. The van der Waals surface area contributed by atoms with Gasteiger partial charge in [0.15, 0.2) is 0 Å². The summed E-state index contributed by atoms with van der Waals surface area (Å²) >= 11 is 0. The summed E-state index contributed by atoms with van der Waals surface area (Å²) in [4.78, 5) is 40.5. The first-order valence-corrected chi connectivity index (χ1v) is 9.32. The largest absolute Gasteiger partial charge is 0.322 e. The van der Waals surface area contributed by atoms with Crippen LogP contribution in [-0.2, 0) is 22.7 Å². The van der Waals surface area contributed by atoms with Gasteiger partial charge in [-0.3, -0.25) is 24.6 Å². The maximum absolute atomic E-state index is 12.9. The van der Waals surface area contributed by atoms with E-state index in [0.29, 0.717) is 18.5 Å². The molecule has 1 atom stereocenters. The molecule has 0 bridgehead atoms. The zero-order valence-corrected chi connectivity index (χ0v) is 14.8. The van der Waals surface area contributed by atoms with Crippen molar-refractivity contribution in [3.63, 3.8) is 0 Å². The summed E-state index contributed by atoms with van der Waals surface area (Å²) in [5.41, 5.74) is 2.88. The van der Waals surface area contributed by atoms with Crippen molar-refractivity contribution in [2.24, 2.45) is 0 Å². The normalized spacial score (nSPS) is 24.4. The Kier molecular flexibility index (Phi) is 4.74. The van der Waals surface area contributed by atoms with E-state index < -0.39 is 6.04 Å². The number of hydrogen-bond donors (Lipinski definition) is 2. The Bertz CT molecular complexity index is 740. The number of benzene rings is 1. The van der Waals surface area contributed by atoms with E-state index in [4.69, 9.17) is 0 Å². The van der Waals surface area contributed by atoms with Gasteiger partial charge in [-0.15, -0.1) is 0 Å². The molecule has 3 aliphatic rings. The summed E-state index contributed by atoms with van der Waals surface area (Å²) in [7, 11) is 0. The highest BCUT2D eigenvalue weighted by molar-refractivity contribution is 6.05. The van der Waals surface area contributed by atoms with Crippen LogP contribution in [0.3, 0.4) is 0 Å². The number of carbonyl (C=O) groups excluding carboxylic acids is 3. The number of hydrogen-bond acceptors (Lipinski definition) is 5. The Hall–Kier alpha value is -2.25. The van der Waals surface area contributed by atoms with E-state index in [-0.39, 0.29) is 24.1 Å². The lowest BCUT2D eigenvalue weighted by molar-refractivity contribution is -0.136. The van der Waals surface area contributed by atoms with Crippen molar-refractivity contribution in [2.75, 3.05) is 26.2 Å². The Morgan fingerprint density at radius 2 is 2.00 bits per heavy atom. The van der Waals surface area contributed by atoms with Gasteiger partial charge in [-0.2, -0.15) is 0 Å². The Morgan fingerprint density at radius 1 is 1.12 bits per heavy atom. The highest BCUT2D eigenvalue weighted by Crippen LogP contribution is 2.30. The Morgan fingerprint density at radius 3 is 2.85 bits per heavy atom. The number of carbonyl (C=O) groups is 3.